The Morgan fingerprint density at radius 1 is 1.21 bits per heavy atom. The van der Waals surface area contributed by atoms with Crippen molar-refractivity contribution in [2.45, 2.75) is 5.85 Å². The Morgan fingerprint density at radius 2 is 1.71 bits per heavy atom. The van der Waals surface area contributed by atoms with Crippen LogP contribution in [0.3, 0.4) is 0 Å². The minimum absolute atomic E-state index is 1.06. The molecule has 0 aliphatic heterocycles. The number of rotatable bonds is 4. The van der Waals surface area contributed by atoms with Crippen LogP contribution in [0.1, 0.15) is 0 Å². The summed E-state index contributed by atoms with van der Waals surface area (Å²) in [6.45, 7) is -1.06. The van der Waals surface area contributed by atoms with Gasteiger partial charge < -0.3 is 29.5 Å². The summed E-state index contributed by atoms with van der Waals surface area (Å²) >= 11 is 0. The smallest absolute Gasteiger partial charge is 0.450 e. The first-order valence-electron chi connectivity index (χ1n) is 3.04. The largest absolute Gasteiger partial charge is 0.506 e. The van der Waals surface area contributed by atoms with Crippen LogP contribution in [0.4, 0.5) is 9.59 Å². The summed E-state index contributed by atoms with van der Waals surface area (Å²) in [5.41, 5.74) is 0. The first-order valence-corrected chi connectivity index (χ1v) is 4.72. The zero-order chi connectivity index (χ0) is 11.4. The lowest BCUT2D eigenvalue weighted by atomic mass is 10.7. The average molecular weight is 230 g/mol. The summed E-state index contributed by atoms with van der Waals surface area (Å²) in [6.07, 6.45) is -3.73. The van der Waals surface area contributed by atoms with Gasteiger partial charge in [-0.1, -0.05) is 0 Å². The second kappa shape index (κ2) is 4.80. The monoisotopic (exact) mass is 230 g/mol. The lowest BCUT2D eigenvalue weighted by Crippen LogP contribution is -2.24. The average Bonchev–Trinajstić information content (AvgIpc) is 1.94. The van der Waals surface area contributed by atoms with E-state index in [-0.39, 0.29) is 0 Å². The second-order valence-corrected chi connectivity index (χ2v) is 3.76. The van der Waals surface area contributed by atoms with E-state index in [1.54, 1.807) is 0 Å². The Balaban J connectivity index is 4.34. The van der Waals surface area contributed by atoms with Crippen LogP contribution in [0.25, 0.3) is 0 Å². The van der Waals surface area contributed by atoms with Crippen LogP contribution < -0.4 is 0 Å². The van der Waals surface area contributed by atoms with Crippen molar-refractivity contribution in [2.75, 3.05) is 6.61 Å². The molecular weight excluding hydrogens is 223 g/mol. The summed E-state index contributed by atoms with van der Waals surface area (Å²) < 4.78 is 18.0. The van der Waals surface area contributed by atoms with Gasteiger partial charge in [0.15, 0.2) is 0 Å². The summed E-state index contributed by atoms with van der Waals surface area (Å²) in [5.74, 6) is -2.14. The van der Waals surface area contributed by atoms with E-state index < -0.39 is 32.4 Å². The quantitative estimate of drug-likeness (QED) is 0.382. The van der Waals surface area contributed by atoms with E-state index in [4.69, 9.17) is 20.0 Å². The van der Waals surface area contributed by atoms with Crippen molar-refractivity contribution in [3.8, 4) is 0 Å². The topological polar surface area (TPSA) is 151 Å². The molecule has 4 N–H and O–H groups in total. The van der Waals surface area contributed by atoms with Crippen molar-refractivity contribution in [3.05, 3.63) is 0 Å². The third kappa shape index (κ3) is 5.36. The molecule has 0 aromatic rings. The highest BCUT2D eigenvalue weighted by molar-refractivity contribution is 7.52. The van der Waals surface area contributed by atoms with E-state index in [0.717, 1.165) is 0 Å². The Bertz CT molecular complexity index is 266. The van der Waals surface area contributed by atoms with Crippen molar-refractivity contribution in [1.82, 2.24) is 0 Å². The van der Waals surface area contributed by atoms with Gasteiger partial charge in [0.25, 0.3) is 0 Å². The fraction of sp³-hybridized carbons (Fsp3) is 0.500. The van der Waals surface area contributed by atoms with Gasteiger partial charge in [-0.3, -0.25) is 4.57 Å². The maximum atomic E-state index is 10.5. The van der Waals surface area contributed by atoms with Crippen LogP contribution in [-0.4, -0.2) is 44.8 Å². The highest BCUT2D eigenvalue weighted by Crippen LogP contribution is 2.41. The maximum Gasteiger partial charge on any atom is 0.506 e. The highest BCUT2D eigenvalue weighted by atomic mass is 31.2. The Hall–Kier alpha value is -1.31. The molecule has 82 valence electrons. The fourth-order valence-electron chi connectivity index (χ4n) is 0.459. The van der Waals surface area contributed by atoms with E-state index in [9.17, 15) is 14.2 Å². The van der Waals surface area contributed by atoms with Gasteiger partial charge in [-0.15, -0.1) is 0 Å². The molecule has 0 fully saturated rings. The van der Waals surface area contributed by atoms with Crippen LogP contribution in [0.15, 0.2) is 0 Å². The van der Waals surface area contributed by atoms with Crippen LogP contribution >= 0.6 is 7.60 Å². The molecule has 0 radical (unpaired) electrons. The molecule has 0 aliphatic carbocycles. The predicted molar refractivity (Wildman–Crippen MR) is 38.9 cm³/mol. The fourth-order valence-corrected chi connectivity index (χ4v) is 0.955. The summed E-state index contributed by atoms with van der Waals surface area (Å²) in [5, 5.41) is 16.0. The van der Waals surface area contributed by atoms with Gasteiger partial charge >= 0.3 is 19.9 Å². The Labute approximate surface area is 77.0 Å². The van der Waals surface area contributed by atoms with Crippen LogP contribution in [0.5, 0.6) is 0 Å². The molecule has 0 bridgehead atoms. The SMILES string of the molecule is O=C(O)OCC(OC(=O)O)P(=O)(O)O. The molecule has 0 aromatic carbocycles. The second-order valence-electron chi connectivity index (χ2n) is 2.00. The van der Waals surface area contributed by atoms with Crippen molar-refractivity contribution in [2.24, 2.45) is 0 Å². The van der Waals surface area contributed by atoms with Gasteiger partial charge in [0, 0.05) is 0 Å². The van der Waals surface area contributed by atoms with E-state index in [1.165, 1.54) is 0 Å². The van der Waals surface area contributed by atoms with E-state index in [1.807, 2.05) is 0 Å². The summed E-state index contributed by atoms with van der Waals surface area (Å²) in [6, 6.07) is 0. The minimum Gasteiger partial charge on any atom is -0.450 e. The third-order valence-corrected chi connectivity index (χ3v) is 1.97. The van der Waals surface area contributed by atoms with Crippen molar-refractivity contribution < 1.29 is 43.6 Å². The molecule has 0 aromatic heterocycles. The normalized spacial score (nSPS) is 13.0. The lowest BCUT2D eigenvalue weighted by molar-refractivity contribution is 0.0248. The molecule has 0 amide bonds. The van der Waals surface area contributed by atoms with Crippen molar-refractivity contribution in [3.63, 3.8) is 0 Å². The van der Waals surface area contributed by atoms with Crippen LogP contribution in [0, 0.1) is 0 Å². The molecule has 0 saturated heterocycles. The number of hydrogen-bond donors (Lipinski definition) is 4. The van der Waals surface area contributed by atoms with Gasteiger partial charge in [0.2, 0.25) is 5.85 Å². The molecule has 0 heterocycles. The van der Waals surface area contributed by atoms with E-state index in [2.05, 4.69) is 9.47 Å². The lowest BCUT2D eigenvalue weighted by Gasteiger charge is -2.15. The standard InChI is InChI=1S/C4H7O9P/c5-3(6)12-1-2(13-4(7)8)14(9,10)11/h2H,1H2,(H,5,6)(H,7,8)(H2,9,10,11). The Kier molecular flexibility index (Phi) is 4.35. The first kappa shape index (κ1) is 12.7. The molecule has 0 spiro atoms. The predicted octanol–water partition coefficient (Wildman–Crippen LogP) is -0.121. The van der Waals surface area contributed by atoms with Crippen molar-refractivity contribution >= 4 is 19.9 Å². The van der Waals surface area contributed by atoms with Gasteiger partial charge in [-0.05, 0) is 0 Å². The Morgan fingerprint density at radius 3 is 2.00 bits per heavy atom. The molecule has 9 nitrogen and oxygen atoms in total. The molecular formula is C4H7O9P. The molecule has 1 unspecified atom stereocenters. The summed E-state index contributed by atoms with van der Waals surface area (Å²) in [4.78, 5) is 36.7. The van der Waals surface area contributed by atoms with Crippen LogP contribution in [-0.2, 0) is 14.0 Å². The zero-order valence-electron chi connectivity index (χ0n) is 6.56. The molecule has 0 aliphatic rings. The van der Waals surface area contributed by atoms with Crippen molar-refractivity contribution in [1.29, 1.82) is 0 Å². The van der Waals surface area contributed by atoms with Gasteiger partial charge in [-0.25, -0.2) is 9.59 Å². The first-order chi connectivity index (χ1) is 6.23. The van der Waals surface area contributed by atoms with E-state index in [0.29, 0.717) is 0 Å². The molecule has 1 atom stereocenters. The third-order valence-electron chi connectivity index (χ3n) is 0.961. The summed E-state index contributed by atoms with van der Waals surface area (Å²) in [7, 11) is -4.88. The molecule has 0 saturated carbocycles. The van der Waals surface area contributed by atoms with Gasteiger partial charge in [0.05, 0.1) is 0 Å². The maximum absolute atomic E-state index is 10.5. The number of carboxylic acid groups (broad SMARTS) is 2. The molecule has 14 heavy (non-hydrogen) atoms. The van der Waals surface area contributed by atoms with Crippen LogP contribution in [0.2, 0.25) is 0 Å². The number of ether oxygens (including phenoxy) is 2. The van der Waals surface area contributed by atoms with E-state index >= 15 is 0 Å². The minimum atomic E-state index is -4.88. The number of carbonyl (C=O) groups is 2. The molecule has 0 rings (SSSR count). The number of hydrogen-bond acceptors (Lipinski definition) is 5. The van der Waals surface area contributed by atoms with Gasteiger partial charge in [0.1, 0.15) is 6.61 Å². The van der Waals surface area contributed by atoms with Gasteiger partial charge in [-0.2, -0.15) is 0 Å². The zero-order valence-corrected chi connectivity index (χ0v) is 7.46. The molecule has 10 heteroatoms. The highest BCUT2D eigenvalue weighted by Gasteiger charge is 2.34.